The largest absolute Gasteiger partial charge is 0.460 e. The fourth-order valence-corrected chi connectivity index (χ4v) is 2.19. The molecule has 0 radical (unpaired) electrons. The van der Waals surface area contributed by atoms with Gasteiger partial charge in [-0.3, -0.25) is 0 Å². The van der Waals surface area contributed by atoms with Gasteiger partial charge in [-0.25, -0.2) is 19.9 Å². The summed E-state index contributed by atoms with van der Waals surface area (Å²) >= 11 is 11.8. The van der Waals surface area contributed by atoms with Crippen LogP contribution in [0.3, 0.4) is 0 Å². The van der Waals surface area contributed by atoms with Crippen molar-refractivity contribution in [1.82, 2.24) is 19.9 Å². The van der Waals surface area contributed by atoms with Gasteiger partial charge in [0, 0.05) is 24.8 Å². The molecule has 2 aliphatic rings. The van der Waals surface area contributed by atoms with Gasteiger partial charge in [0.2, 0.25) is 5.28 Å². The molecule has 6 nitrogen and oxygen atoms in total. The zero-order valence-electron chi connectivity index (χ0n) is 13.5. The minimum absolute atomic E-state index is 0.0648. The smallest absolute Gasteiger partial charge is 0.316 e. The molecule has 2 aliphatic carbocycles. The topological polar surface area (TPSA) is 81.0 Å². The molecule has 2 fully saturated rings. The van der Waals surface area contributed by atoms with Crippen LogP contribution < -0.4 is 4.74 Å². The van der Waals surface area contributed by atoms with Crippen molar-refractivity contribution in [2.75, 3.05) is 0 Å². The van der Waals surface area contributed by atoms with Crippen molar-refractivity contribution in [2.24, 2.45) is 0 Å². The molecule has 2 saturated carbocycles. The van der Waals surface area contributed by atoms with Crippen LogP contribution in [-0.2, 0) is 0 Å². The second-order valence-corrected chi connectivity index (χ2v) is 7.78. The number of hydrogen-bond donors (Lipinski definition) is 1. The van der Waals surface area contributed by atoms with E-state index in [0.717, 1.165) is 34.6 Å². The summed E-state index contributed by atoms with van der Waals surface area (Å²) in [6.07, 6.45) is 13.9. The Morgan fingerprint density at radius 1 is 0.880 bits per heavy atom. The summed E-state index contributed by atoms with van der Waals surface area (Å²) in [5, 5.41) is 8.72. The Morgan fingerprint density at radius 2 is 1.32 bits per heavy atom. The second kappa shape index (κ2) is 11.0. The molecule has 0 bridgehead atoms. The number of aromatic nitrogens is 4. The first-order valence-electron chi connectivity index (χ1n) is 7.98. The van der Waals surface area contributed by atoms with Gasteiger partial charge in [0.25, 0.3) is 0 Å². The van der Waals surface area contributed by atoms with Gasteiger partial charge in [-0.15, -0.1) is 0 Å². The van der Waals surface area contributed by atoms with Gasteiger partial charge >= 0.3 is 6.01 Å². The highest BCUT2D eigenvalue weighted by Crippen LogP contribution is 2.23. The van der Waals surface area contributed by atoms with Gasteiger partial charge in [-0.1, -0.05) is 0 Å². The van der Waals surface area contributed by atoms with Crippen LogP contribution in [0.15, 0.2) is 33.7 Å². The first-order valence-corrected chi connectivity index (χ1v) is 9.94. The Hall–Kier alpha value is -0.830. The zero-order chi connectivity index (χ0) is 18.1. The van der Waals surface area contributed by atoms with Crippen molar-refractivity contribution in [2.45, 2.75) is 50.7 Å². The van der Waals surface area contributed by atoms with Crippen molar-refractivity contribution in [1.29, 1.82) is 0 Å². The normalized spacial score (nSPS) is 16.3. The molecule has 0 spiro atoms. The maximum absolute atomic E-state index is 8.45. The van der Waals surface area contributed by atoms with E-state index in [1.54, 1.807) is 24.8 Å². The summed E-state index contributed by atoms with van der Waals surface area (Å²) in [5.74, 6) is 0. The van der Waals surface area contributed by atoms with Gasteiger partial charge < -0.3 is 9.84 Å². The van der Waals surface area contributed by atoms with Gasteiger partial charge in [0.15, 0.2) is 0 Å². The van der Waals surface area contributed by atoms with E-state index in [0.29, 0.717) is 12.1 Å². The quantitative estimate of drug-likeness (QED) is 0.615. The molecule has 4 rings (SSSR count). The van der Waals surface area contributed by atoms with E-state index < -0.39 is 0 Å². The maximum Gasteiger partial charge on any atom is 0.316 e. The lowest BCUT2D eigenvalue weighted by molar-refractivity contribution is 0.0950. The average molecular weight is 495 g/mol. The van der Waals surface area contributed by atoms with Crippen LogP contribution in [-0.4, -0.2) is 37.3 Å². The van der Waals surface area contributed by atoms with Crippen molar-refractivity contribution in [3.63, 3.8) is 0 Å². The van der Waals surface area contributed by atoms with Crippen LogP contribution in [0.5, 0.6) is 6.01 Å². The third kappa shape index (κ3) is 8.40. The third-order valence-electron chi connectivity index (χ3n) is 3.58. The van der Waals surface area contributed by atoms with Crippen LogP contribution in [0.25, 0.3) is 0 Å². The van der Waals surface area contributed by atoms with Crippen molar-refractivity contribution in [3.05, 3.63) is 39.0 Å². The molecule has 2 aromatic rings. The third-order valence-corrected chi connectivity index (χ3v) is 4.60. The van der Waals surface area contributed by atoms with Gasteiger partial charge in [-0.2, -0.15) is 0 Å². The summed E-state index contributed by atoms with van der Waals surface area (Å²) < 4.78 is 7.18. The second-order valence-electron chi connectivity index (χ2n) is 5.61. The zero-order valence-corrected chi connectivity index (χ0v) is 17.4. The minimum atomic E-state index is 0.0648. The van der Waals surface area contributed by atoms with Crippen LogP contribution >= 0.6 is 43.5 Å². The summed E-state index contributed by atoms with van der Waals surface area (Å²) in [6.45, 7) is 0. The summed E-state index contributed by atoms with van der Waals surface area (Å²) in [7, 11) is 0. The van der Waals surface area contributed by atoms with E-state index in [9.17, 15) is 0 Å². The van der Waals surface area contributed by atoms with E-state index in [1.807, 2.05) is 0 Å². The Kier molecular flexibility index (Phi) is 9.02. The van der Waals surface area contributed by atoms with Gasteiger partial charge in [-0.05, 0) is 82.0 Å². The molecule has 0 aliphatic heterocycles. The summed E-state index contributed by atoms with van der Waals surface area (Å²) in [5.41, 5.74) is 0. The molecule has 0 amide bonds. The van der Waals surface area contributed by atoms with E-state index in [-0.39, 0.29) is 11.4 Å². The molecular formula is C16H19Br2ClN4O2. The number of nitrogens with zero attached hydrogens (tertiary/aromatic N) is 4. The lowest BCUT2D eigenvalue weighted by Crippen LogP contribution is -2.25. The van der Waals surface area contributed by atoms with Crippen LogP contribution in [0.2, 0.25) is 5.28 Å². The highest BCUT2D eigenvalue weighted by molar-refractivity contribution is 9.10. The highest BCUT2D eigenvalue weighted by Gasteiger charge is 2.19. The monoisotopic (exact) mass is 492 g/mol. The Bertz CT molecular complexity index is 602. The van der Waals surface area contributed by atoms with E-state index in [2.05, 4.69) is 51.8 Å². The van der Waals surface area contributed by atoms with Crippen LogP contribution in [0.1, 0.15) is 38.5 Å². The Morgan fingerprint density at radius 3 is 1.64 bits per heavy atom. The molecule has 0 atom stereocenters. The minimum Gasteiger partial charge on any atom is -0.460 e. The van der Waals surface area contributed by atoms with E-state index in [1.165, 1.54) is 12.8 Å². The summed E-state index contributed by atoms with van der Waals surface area (Å²) in [4.78, 5) is 15.4. The molecule has 0 aromatic carbocycles. The Labute approximate surface area is 168 Å². The number of aliphatic hydroxyl groups is 1. The number of ether oxygens (including phenoxy) is 1. The lowest BCUT2D eigenvalue weighted by Gasteiger charge is -2.24. The molecule has 2 heterocycles. The predicted octanol–water partition coefficient (Wildman–Crippen LogP) is 4.59. The first kappa shape index (κ1) is 20.5. The molecule has 136 valence electrons. The molecule has 0 unspecified atom stereocenters. The number of aliphatic hydroxyl groups excluding tert-OH is 1. The van der Waals surface area contributed by atoms with Gasteiger partial charge in [0.05, 0.1) is 15.0 Å². The van der Waals surface area contributed by atoms with Crippen molar-refractivity contribution in [3.8, 4) is 6.01 Å². The predicted molar refractivity (Wildman–Crippen MR) is 103 cm³/mol. The Balaban J connectivity index is 0.000000149. The van der Waals surface area contributed by atoms with E-state index in [4.69, 9.17) is 21.4 Å². The van der Waals surface area contributed by atoms with Crippen molar-refractivity contribution >= 4 is 43.5 Å². The maximum atomic E-state index is 8.45. The standard InChI is InChI=1S/C8H9BrN2O.C4H2BrClN2.C4H8O/c9-6-4-10-8(11-5-6)12-7-2-1-3-7;5-3-1-7-4(6)8-2-3;5-4-2-1-3-4/h4-5,7H,1-3H2;1-2H;4-5H,1-3H2. The average Bonchev–Trinajstić information content (AvgIpc) is 2.55. The molecule has 0 saturated heterocycles. The highest BCUT2D eigenvalue weighted by atomic mass is 79.9. The fraction of sp³-hybridized carbons (Fsp3) is 0.500. The SMILES string of the molecule is Brc1cnc(OC2CCC2)nc1.Clc1ncc(Br)cn1.OC1CCC1. The molecule has 2 aromatic heterocycles. The number of hydrogen-bond acceptors (Lipinski definition) is 6. The van der Waals surface area contributed by atoms with Gasteiger partial charge in [0.1, 0.15) is 6.10 Å². The molecule has 1 N–H and O–H groups in total. The molecular weight excluding hydrogens is 475 g/mol. The van der Waals surface area contributed by atoms with E-state index >= 15 is 0 Å². The number of halogens is 3. The number of rotatable bonds is 2. The summed E-state index contributed by atoms with van der Waals surface area (Å²) in [6, 6.07) is 0.489. The molecule has 9 heteroatoms. The molecule has 25 heavy (non-hydrogen) atoms. The lowest BCUT2D eigenvalue weighted by atomic mass is 9.96. The van der Waals surface area contributed by atoms with Crippen LogP contribution in [0, 0.1) is 0 Å². The first-order chi connectivity index (χ1) is 12.0. The fourth-order valence-electron chi connectivity index (χ4n) is 1.68. The van der Waals surface area contributed by atoms with Crippen LogP contribution in [0.4, 0.5) is 0 Å². The van der Waals surface area contributed by atoms with Crippen molar-refractivity contribution < 1.29 is 9.84 Å².